The van der Waals surface area contributed by atoms with Crippen LogP contribution in [0.1, 0.15) is 142 Å². The SMILES string of the molecule is CCC(C)[C@H](NC(=O)CCCCCCCCCCCCCCC(=O)N[C@H](C(=O)N[C@@H](Cc1ccccc1)C(=O)O)[C@@H](C)CC)C(=O)N[C@@H](Cc1ccccc1)C(N)=O. The number of hydrogen-bond acceptors (Lipinski definition) is 6. The average molecular weight is 806 g/mol. The van der Waals surface area contributed by atoms with Crippen LogP contribution >= 0.6 is 0 Å². The molecule has 0 heterocycles. The maximum Gasteiger partial charge on any atom is 0.326 e. The molecule has 0 bridgehead atoms. The van der Waals surface area contributed by atoms with E-state index >= 15 is 0 Å². The maximum absolute atomic E-state index is 13.2. The summed E-state index contributed by atoms with van der Waals surface area (Å²) in [6.07, 6.45) is 14.8. The third kappa shape index (κ3) is 20.1. The zero-order valence-electron chi connectivity index (χ0n) is 35.4. The van der Waals surface area contributed by atoms with Crippen molar-refractivity contribution in [3.8, 4) is 0 Å². The summed E-state index contributed by atoms with van der Waals surface area (Å²) in [7, 11) is 0. The lowest BCUT2D eigenvalue weighted by atomic mass is 9.97. The number of carboxylic acids is 1. The van der Waals surface area contributed by atoms with Gasteiger partial charge in [0, 0.05) is 25.7 Å². The molecule has 58 heavy (non-hydrogen) atoms. The van der Waals surface area contributed by atoms with Crippen LogP contribution in [0.15, 0.2) is 60.7 Å². The van der Waals surface area contributed by atoms with Crippen LogP contribution in [0.4, 0.5) is 0 Å². The second-order valence-electron chi connectivity index (χ2n) is 15.8. The molecule has 0 aromatic heterocycles. The normalized spacial score (nSPS) is 14.2. The quantitative estimate of drug-likeness (QED) is 0.0466. The molecule has 0 aliphatic heterocycles. The van der Waals surface area contributed by atoms with Crippen molar-refractivity contribution in [3.05, 3.63) is 71.8 Å². The summed E-state index contributed by atoms with van der Waals surface area (Å²) in [5.41, 5.74) is 7.29. The first-order valence-corrected chi connectivity index (χ1v) is 21.7. The van der Waals surface area contributed by atoms with Crippen LogP contribution in [0, 0.1) is 11.8 Å². The highest BCUT2D eigenvalue weighted by atomic mass is 16.4. The van der Waals surface area contributed by atoms with Crippen molar-refractivity contribution in [1.29, 1.82) is 0 Å². The van der Waals surface area contributed by atoms with Crippen LogP contribution in [-0.2, 0) is 41.6 Å². The lowest BCUT2D eigenvalue weighted by Gasteiger charge is -2.26. The Balaban J connectivity index is 1.56. The molecule has 0 radical (unpaired) electrons. The molecule has 12 heteroatoms. The summed E-state index contributed by atoms with van der Waals surface area (Å²) in [4.78, 5) is 75.9. The van der Waals surface area contributed by atoms with Gasteiger partial charge in [-0.15, -0.1) is 0 Å². The first-order chi connectivity index (χ1) is 27.9. The summed E-state index contributed by atoms with van der Waals surface area (Å²) in [6, 6.07) is 15.0. The second kappa shape index (κ2) is 28.6. The number of benzene rings is 2. The lowest BCUT2D eigenvalue weighted by molar-refractivity contribution is -0.142. The van der Waals surface area contributed by atoms with Crippen molar-refractivity contribution in [3.63, 3.8) is 0 Å². The lowest BCUT2D eigenvalue weighted by Crippen LogP contribution is -2.55. The van der Waals surface area contributed by atoms with Crippen LogP contribution in [-0.4, -0.2) is 64.8 Å². The molecule has 2 rings (SSSR count). The fourth-order valence-corrected chi connectivity index (χ4v) is 6.88. The number of nitrogens with two attached hydrogens (primary N) is 1. The number of rotatable bonds is 31. The fourth-order valence-electron chi connectivity index (χ4n) is 6.88. The first-order valence-electron chi connectivity index (χ1n) is 21.7. The molecule has 1 unspecified atom stereocenters. The van der Waals surface area contributed by atoms with Crippen LogP contribution in [0.25, 0.3) is 0 Å². The Labute approximate surface area is 346 Å². The Kier molecular flexibility index (Phi) is 24.4. The molecule has 2 aromatic carbocycles. The Morgan fingerprint density at radius 2 is 0.845 bits per heavy atom. The minimum Gasteiger partial charge on any atom is -0.480 e. The van der Waals surface area contributed by atoms with E-state index in [0.29, 0.717) is 25.7 Å². The summed E-state index contributed by atoms with van der Waals surface area (Å²) < 4.78 is 0. The second-order valence-corrected chi connectivity index (χ2v) is 15.8. The number of carbonyl (C=O) groups excluding carboxylic acids is 5. The molecule has 5 amide bonds. The van der Waals surface area contributed by atoms with Crippen LogP contribution < -0.4 is 27.0 Å². The molecule has 6 atom stereocenters. The molecule has 0 saturated carbocycles. The third-order valence-corrected chi connectivity index (χ3v) is 11.0. The van der Waals surface area contributed by atoms with E-state index in [4.69, 9.17) is 5.73 Å². The van der Waals surface area contributed by atoms with Gasteiger partial charge in [-0.1, -0.05) is 165 Å². The predicted octanol–water partition coefficient (Wildman–Crippen LogP) is 6.53. The highest BCUT2D eigenvalue weighted by molar-refractivity contribution is 5.92. The van der Waals surface area contributed by atoms with Crippen LogP contribution in [0.2, 0.25) is 0 Å². The van der Waals surface area contributed by atoms with E-state index in [0.717, 1.165) is 88.2 Å². The van der Waals surface area contributed by atoms with Crippen molar-refractivity contribution in [2.45, 2.75) is 167 Å². The zero-order chi connectivity index (χ0) is 42.7. The van der Waals surface area contributed by atoms with Crippen molar-refractivity contribution in [1.82, 2.24) is 21.3 Å². The molecule has 0 aliphatic carbocycles. The van der Waals surface area contributed by atoms with Crippen molar-refractivity contribution >= 4 is 35.5 Å². The summed E-state index contributed by atoms with van der Waals surface area (Å²) in [5.74, 6) is -3.21. The molecule has 0 fully saturated rings. The van der Waals surface area contributed by atoms with Gasteiger partial charge in [-0.25, -0.2) is 4.79 Å². The number of aliphatic carboxylic acids is 1. The highest BCUT2D eigenvalue weighted by Gasteiger charge is 2.31. The van der Waals surface area contributed by atoms with Gasteiger partial charge in [0.25, 0.3) is 0 Å². The molecule has 2 aromatic rings. The fraction of sp³-hybridized carbons (Fsp3) is 0.609. The smallest absolute Gasteiger partial charge is 0.326 e. The van der Waals surface area contributed by atoms with Crippen LogP contribution in [0.3, 0.4) is 0 Å². The van der Waals surface area contributed by atoms with Crippen molar-refractivity contribution in [2.24, 2.45) is 17.6 Å². The first kappa shape index (κ1) is 49.4. The van der Waals surface area contributed by atoms with Gasteiger partial charge >= 0.3 is 5.97 Å². The minimum absolute atomic E-state index is 0.108. The van der Waals surface area contributed by atoms with Crippen molar-refractivity contribution < 1.29 is 33.9 Å². The summed E-state index contributed by atoms with van der Waals surface area (Å²) in [6.45, 7) is 7.69. The number of carbonyl (C=O) groups is 6. The molecule has 0 spiro atoms. The monoisotopic (exact) mass is 806 g/mol. The van der Waals surface area contributed by atoms with E-state index in [1.807, 2.05) is 88.4 Å². The number of carboxylic acid groups (broad SMARTS) is 1. The largest absolute Gasteiger partial charge is 0.480 e. The van der Waals surface area contributed by atoms with E-state index < -0.39 is 47.9 Å². The van der Waals surface area contributed by atoms with Gasteiger partial charge < -0.3 is 32.1 Å². The molecular formula is C46H71N5O7. The minimum atomic E-state index is -1.11. The van der Waals surface area contributed by atoms with Gasteiger partial charge in [-0.2, -0.15) is 0 Å². The van der Waals surface area contributed by atoms with E-state index in [1.165, 1.54) is 0 Å². The van der Waals surface area contributed by atoms with Gasteiger partial charge in [0.15, 0.2) is 0 Å². The Morgan fingerprint density at radius 1 is 0.517 bits per heavy atom. The van der Waals surface area contributed by atoms with Crippen molar-refractivity contribution in [2.75, 3.05) is 0 Å². The molecule has 0 aliphatic rings. The number of amides is 5. The van der Waals surface area contributed by atoms with Gasteiger partial charge in [-0.3, -0.25) is 24.0 Å². The highest BCUT2D eigenvalue weighted by Crippen LogP contribution is 2.16. The Bertz CT molecular complexity index is 1410. The molecule has 322 valence electrons. The molecular weight excluding hydrogens is 735 g/mol. The molecule has 0 saturated heterocycles. The topological polar surface area (TPSA) is 197 Å². The Morgan fingerprint density at radius 3 is 1.17 bits per heavy atom. The van der Waals surface area contributed by atoms with Crippen LogP contribution in [0.5, 0.6) is 0 Å². The standard InChI is InChI=1S/C46H71N5O7/c1-5-33(3)41(44(55)48-37(43(47)54)31-35-25-19-17-20-26-35)50-39(52)29-23-15-13-11-9-7-8-10-12-14-16-24-30-40(53)51-42(34(4)6-2)45(56)49-38(46(57)58)32-36-27-21-18-22-28-36/h17-22,25-28,33-34,37-38,41-42H,5-16,23-24,29-32H2,1-4H3,(H2,47,54)(H,48,55)(H,49,56)(H,50,52)(H,51,53)(H,57,58)/t33?,34-,37-,38-,41-,42-/m0/s1. The van der Waals surface area contributed by atoms with E-state index in [-0.39, 0.29) is 36.5 Å². The third-order valence-electron chi connectivity index (χ3n) is 11.0. The van der Waals surface area contributed by atoms with E-state index in [9.17, 15) is 33.9 Å². The molecule has 7 N–H and O–H groups in total. The maximum atomic E-state index is 13.2. The number of hydrogen-bond donors (Lipinski definition) is 6. The number of unbranched alkanes of at least 4 members (excludes halogenated alkanes) is 11. The van der Waals surface area contributed by atoms with Gasteiger partial charge in [0.05, 0.1) is 0 Å². The van der Waals surface area contributed by atoms with Gasteiger partial charge in [0.2, 0.25) is 29.5 Å². The predicted molar refractivity (Wildman–Crippen MR) is 228 cm³/mol. The van der Waals surface area contributed by atoms with Gasteiger partial charge in [-0.05, 0) is 35.8 Å². The number of nitrogens with one attached hydrogen (secondary N) is 4. The molecule has 12 nitrogen and oxygen atoms in total. The van der Waals surface area contributed by atoms with Gasteiger partial charge in [0.1, 0.15) is 24.2 Å². The summed E-state index contributed by atoms with van der Waals surface area (Å²) >= 11 is 0. The van der Waals surface area contributed by atoms with E-state index in [2.05, 4.69) is 21.3 Å². The average Bonchev–Trinajstić information content (AvgIpc) is 3.21. The Hall–Kier alpha value is -4.74. The number of primary amides is 1. The summed E-state index contributed by atoms with van der Waals surface area (Å²) in [5, 5.41) is 20.9. The zero-order valence-corrected chi connectivity index (χ0v) is 35.4. The van der Waals surface area contributed by atoms with E-state index in [1.54, 1.807) is 0 Å².